The van der Waals surface area contributed by atoms with E-state index < -0.39 is 4.92 Å². The molecule has 3 N–H and O–H groups in total. The fourth-order valence-electron chi connectivity index (χ4n) is 1.89. The van der Waals surface area contributed by atoms with Crippen molar-refractivity contribution < 1.29 is 14.5 Å². The van der Waals surface area contributed by atoms with Crippen LogP contribution in [0.2, 0.25) is 0 Å². The minimum Gasteiger partial charge on any atom is -0.491 e. The summed E-state index contributed by atoms with van der Waals surface area (Å²) in [7, 11) is 0. The molecule has 0 atom stereocenters. The largest absolute Gasteiger partial charge is 0.491 e. The number of hydrogen-bond donors (Lipinski definition) is 2. The predicted molar refractivity (Wildman–Crippen MR) is 75.5 cm³/mol. The van der Waals surface area contributed by atoms with Crippen molar-refractivity contribution >= 4 is 22.5 Å². The van der Waals surface area contributed by atoms with Gasteiger partial charge in [0.2, 0.25) is 5.91 Å². The number of rotatable bonds is 6. The Hall–Kier alpha value is -2.74. The Bertz CT molecular complexity index is 674. The monoisotopic (exact) mass is 290 g/mol. The molecule has 0 bridgehead atoms. The van der Waals surface area contributed by atoms with Crippen LogP contribution in [0.3, 0.4) is 0 Å². The average Bonchev–Trinajstić information content (AvgIpc) is 2.50. The number of nitrogens with one attached hydrogen (secondary N) is 1. The van der Waals surface area contributed by atoms with Gasteiger partial charge in [-0.25, -0.2) is 5.84 Å². The van der Waals surface area contributed by atoms with Gasteiger partial charge in [0.25, 0.3) is 5.69 Å². The maximum Gasteiger partial charge on any atom is 0.279 e. The number of amides is 1. The van der Waals surface area contributed by atoms with Crippen molar-refractivity contribution in [2.24, 2.45) is 5.84 Å². The second kappa shape index (κ2) is 6.62. The summed E-state index contributed by atoms with van der Waals surface area (Å²) in [6.07, 6.45) is 2.27. The van der Waals surface area contributed by atoms with Crippen molar-refractivity contribution in [2.75, 3.05) is 6.61 Å². The van der Waals surface area contributed by atoms with Crippen LogP contribution in [0.1, 0.15) is 12.8 Å². The average molecular weight is 290 g/mol. The standard InChI is InChI=1S/C13H14N4O4/c14-16-12(18)4-2-8-21-11-6-5-10(17(19)20)9-3-1-7-15-13(9)11/h1,3,5-7H,2,4,8,14H2,(H,16,18). The van der Waals surface area contributed by atoms with Crippen LogP contribution < -0.4 is 16.0 Å². The van der Waals surface area contributed by atoms with Gasteiger partial charge in [0.05, 0.1) is 16.9 Å². The number of nitrogens with zero attached hydrogens (tertiary/aromatic N) is 2. The van der Waals surface area contributed by atoms with Gasteiger partial charge >= 0.3 is 0 Å². The van der Waals surface area contributed by atoms with Gasteiger partial charge in [0, 0.05) is 18.7 Å². The first-order valence-corrected chi connectivity index (χ1v) is 6.28. The first-order chi connectivity index (χ1) is 10.1. The van der Waals surface area contributed by atoms with Crippen molar-refractivity contribution in [1.82, 2.24) is 10.4 Å². The summed E-state index contributed by atoms with van der Waals surface area (Å²) in [5, 5.41) is 11.4. The Labute approximate surface area is 120 Å². The van der Waals surface area contributed by atoms with Crippen LogP contribution in [-0.4, -0.2) is 22.4 Å². The highest BCUT2D eigenvalue weighted by molar-refractivity contribution is 5.92. The maximum atomic E-state index is 11.0. The number of non-ortho nitro benzene ring substituents is 1. The number of aromatic nitrogens is 1. The highest BCUT2D eigenvalue weighted by Gasteiger charge is 2.15. The Kier molecular flexibility index (Phi) is 4.62. The van der Waals surface area contributed by atoms with Gasteiger partial charge < -0.3 is 4.74 Å². The number of pyridine rings is 1. The van der Waals surface area contributed by atoms with Crippen molar-refractivity contribution in [1.29, 1.82) is 0 Å². The molecular weight excluding hydrogens is 276 g/mol. The van der Waals surface area contributed by atoms with Crippen LogP contribution in [0, 0.1) is 10.1 Å². The van der Waals surface area contributed by atoms with E-state index in [-0.39, 0.29) is 24.6 Å². The minimum atomic E-state index is -0.459. The van der Waals surface area contributed by atoms with Crippen molar-refractivity contribution in [3.8, 4) is 5.75 Å². The molecule has 0 aliphatic rings. The molecule has 0 aliphatic heterocycles. The molecule has 8 heteroatoms. The molecule has 8 nitrogen and oxygen atoms in total. The lowest BCUT2D eigenvalue weighted by Crippen LogP contribution is -2.29. The van der Waals surface area contributed by atoms with Crippen LogP contribution in [0.4, 0.5) is 5.69 Å². The molecule has 1 aromatic carbocycles. The SMILES string of the molecule is NNC(=O)CCCOc1ccc([N+](=O)[O-])c2cccnc12. The van der Waals surface area contributed by atoms with E-state index in [9.17, 15) is 14.9 Å². The topological polar surface area (TPSA) is 120 Å². The van der Waals surface area contributed by atoms with E-state index >= 15 is 0 Å². The van der Waals surface area contributed by atoms with E-state index in [2.05, 4.69) is 4.98 Å². The summed E-state index contributed by atoms with van der Waals surface area (Å²) < 4.78 is 5.54. The number of carbonyl (C=O) groups is 1. The van der Waals surface area contributed by atoms with Crippen molar-refractivity contribution in [3.63, 3.8) is 0 Å². The summed E-state index contributed by atoms with van der Waals surface area (Å²) in [6, 6.07) is 6.14. The highest BCUT2D eigenvalue weighted by Crippen LogP contribution is 2.31. The van der Waals surface area contributed by atoms with E-state index in [1.807, 2.05) is 5.43 Å². The third-order valence-corrected chi connectivity index (χ3v) is 2.87. The summed E-state index contributed by atoms with van der Waals surface area (Å²) in [5.74, 6) is 5.15. The normalized spacial score (nSPS) is 10.3. The maximum absolute atomic E-state index is 11.0. The molecular formula is C13H14N4O4. The van der Waals surface area contributed by atoms with E-state index in [4.69, 9.17) is 10.6 Å². The quantitative estimate of drug-likeness (QED) is 0.272. The molecule has 0 unspecified atom stereocenters. The number of nitro groups is 1. The van der Waals surface area contributed by atoms with Crippen LogP contribution in [0.25, 0.3) is 10.9 Å². The van der Waals surface area contributed by atoms with Crippen molar-refractivity contribution in [3.05, 3.63) is 40.6 Å². The Morgan fingerprint density at radius 2 is 2.24 bits per heavy atom. The van der Waals surface area contributed by atoms with E-state index in [1.54, 1.807) is 18.3 Å². The molecule has 0 saturated heterocycles. The Balaban J connectivity index is 2.16. The third-order valence-electron chi connectivity index (χ3n) is 2.87. The number of nitrogens with two attached hydrogens (primary N) is 1. The third kappa shape index (κ3) is 3.42. The van der Waals surface area contributed by atoms with Gasteiger partial charge in [0.15, 0.2) is 0 Å². The molecule has 1 amide bonds. The lowest BCUT2D eigenvalue weighted by Gasteiger charge is -2.08. The first-order valence-electron chi connectivity index (χ1n) is 6.28. The predicted octanol–water partition coefficient (Wildman–Crippen LogP) is 1.29. The summed E-state index contributed by atoms with van der Waals surface area (Å²) in [4.78, 5) is 25.6. The van der Waals surface area contributed by atoms with E-state index in [0.29, 0.717) is 23.1 Å². The molecule has 0 aliphatic carbocycles. The molecule has 1 heterocycles. The van der Waals surface area contributed by atoms with E-state index in [0.717, 1.165) is 0 Å². The van der Waals surface area contributed by atoms with Gasteiger partial charge in [-0.15, -0.1) is 0 Å². The lowest BCUT2D eigenvalue weighted by atomic mass is 10.1. The number of fused-ring (bicyclic) bond motifs is 1. The fraction of sp³-hybridized carbons (Fsp3) is 0.231. The Morgan fingerprint density at radius 1 is 1.43 bits per heavy atom. The second-order valence-electron chi connectivity index (χ2n) is 4.26. The van der Waals surface area contributed by atoms with E-state index in [1.165, 1.54) is 12.1 Å². The number of nitro benzene ring substituents is 1. The van der Waals surface area contributed by atoms with Gasteiger partial charge in [-0.3, -0.25) is 25.3 Å². The van der Waals surface area contributed by atoms with Gasteiger partial charge in [-0.2, -0.15) is 0 Å². The van der Waals surface area contributed by atoms with Gasteiger partial charge in [0.1, 0.15) is 11.3 Å². The zero-order valence-corrected chi connectivity index (χ0v) is 11.1. The summed E-state index contributed by atoms with van der Waals surface area (Å²) in [6.45, 7) is 0.289. The molecule has 1 aromatic heterocycles. The van der Waals surface area contributed by atoms with Crippen LogP contribution in [0.15, 0.2) is 30.5 Å². The molecule has 0 fully saturated rings. The number of hydrogen-bond acceptors (Lipinski definition) is 6. The minimum absolute atomic E-state index is 0.0204. The Morgan fingerprint density at radius 3 is 2.95 bits per heavy atom. The zero-order valence-electron chi connectivity index (χ0n) is 11.1. The van der Waals surface area contributed by atoms with Crippen molar-refractivity contribution in [2.45, 2.75) is 12.8 Å². The molecule has 0 radical (unpaired) electrons. The molecule has 110 valence electrons. The summed E-state index contributed by atoms with van der Waals surface area (Å²) >= 11 is 0. The first kappa shape index (κ1) is 14.7. The summed E-state index contributed by atoms with van der Waals surface area (Å²) in [5.41, 5.74) is 2.44. The number of carbonyl (C=O) groups excluding carboxylic acids is 1. The van der Waals surface area contributed by atoms with Gasteiger partial charge in [-0.05, 0) is 24.6 Å². The number of benzene rings is 1. The van der Waals surface area contributed by atoms with Crippen LogP contribution in [0.5, 0.6) is 5.75 Å². The molecule has 0 saturated carbocycles. The highest BCUT2D eigenvalue weighted by atomic mass is 16.6. The number of ether oxygens (including phenoxy) is 1. The van der Waals surface area contributed by atoms with Crippen LogP contribution >= 0.6 is 0 Å². The van der Waals surface area contributed by atoms with Gasteiger partial charge in [-0.1, -0.05) is 0 Å². The lowest BCUT2D eigenvalue weighted by molar-refractivity contribution is -0.383. The molecule has 21 heavy (non-hydrogen) atoms. The number of hydrazine groups is 1. The molecule has 0 spiro atoms. The van der Waals surface area contributed by atoms with Crippen LogP contribution in [-0.2, 0) is 4.79 Å². The smallest absolute Gasteiger partial charge is 0.279 e. The zero-order chi connectivity index (χ0) is 15.2. The fourth-order valence-corrected chi connectivity index (χ4v) is 1.89. The molecule has 2 rings (SSSR count). The second-order valence-corrected chi connectivity index (χ2v) is 4.26. The molecule has 2 aromatic rings.